The third-order valence-electron chi connectivity index (χ3n) is 4.77. The first-order valence-corrected chi connectivity index (χ1v) is 8.88. The van der Waals surface area contributed by atoms with Crippen LogP contribution in [0, 0.1) is 6.92 Å². The lowest BCUT2D eigenvalue weighted by Crippen LogP contribution is -2.38. The van der Waals surface area contributed by atoms with Crippen LogP contribution in [-0.4, -0.2) is 27.2 Å². The number of nitrogens with zero attached hydrogens (tertiary/aromatic N) is 3. The SMILES string of the molecule is COc1cccc(CNC(=O)[C@@H](C)n2nc(C)n3c(cc4occc43)c2=O)c1. The van der Waals surface area contributed by atoms with Gasteiger partial charge in [0.05, 0.1) is 18.9 Å². The average molecular weight is 380 g/mol. The van der Waals surface area contributed by atoms with Crippen molar-refractivity contribution in [1.29, 1.82) is 0 Å². The van der Waals surface area contributed by atoms with Gasteiger partial charge in [0.2, 0.25) is 5.91 Å². The molecule has 1 amide bonds. The predicted octanol–water partition coefficient (Wildman–Crippen LogP) is 2.44. The summed E-state index contributed by atoms with van der Waals surface area (Å²) in [5.74, 6) is 1.02. The molecule has 0 aliphatic rings. The Labute approximate surface area is 160 Å². The monoisotopic (exact) mass is 380 g/mol. The summed E-state index contributed by atoms with van der Waals surface area (Å²) < 4.78 is 13.5. The van der Waals surface area contributed by atoms with Crippen molar-refractivity contribution in [3.8, 4) is 5.75 Å². The zero-order chi connectivity index (χ0) is 19.8. The van der Waals surface area contributed by atoms with Crippen molar-refractivity contribution < 1.29 is 13.9 Å². The number of aryl methyl sites for hydroxylation is 1. The molecule has 28 heavy (non-hydrogen) atoms. The third kappa shape index (κ3) is 2.92. The van der Waals surface area contributed by atoms with Gasteiger partial charge in [-0.2, -0.15) is 5.10 Å². The van der Waals surface area contributed by atoms with E-state index in [1.54, 1.807) is 43.8 Å². The Morgan fingerprint density at radius 3 is 2.89 bits per heavy atom. The normalized spacial score (nSPS) is 12.4. The Bertz CT molecular complexity index is 1230. The average Bonchev–Trinajstić information content (AvgIpc) is 3.30. The fourth-order valence-corrected chi connectivity index (χ4v) is 3.29. The molecule has 4 aromatic rings. The predicted molar refractivity (Wildman–Crippen MR) is 104 cm³/mol. The largest absolute Gasteiger partial charge is 0.497 e. The van der Waals surface area contributed by atoms with E-state index >= 15 is 0 Å². The molecule has 8 heteroatoms. The van der Waals surface area contributed by atoms with Gasteiger partial charge in [0, 0.05) is 18.7 Å². The van der Waals surface area contributed by atoms with Crippen LogP contribution in [-0.2, 0) is 11.3 Å². The highest BCUT2D eigenvalue weighted by atomic mass is 16.5. The Hall–Kier alpha value is -3.55. The number of fused-ring (bicyclic) bond motifs is 3. The highest BCUT2D eigenvalue weighted by Crippen LogP contribution is 2.20. The van der Waals surface area contributed by atoms with Crippen molar-refractivity contribution in [3.05, 3.63) is 64.4 Å². The van der Waals surface area contributed by atoms with Gasteiger partial charge >= 0.3 is 0 Å². The summed E-state index contributed by atoms with van der Waals surface area (Å²) in [4.78, 5) is 25.5. The van der Waals surface area contributed by atoms with Gasteiger partial charge in [-0.1, -0.05) is 12.1 Å². The van der Waals surface area contributed by atoms with Gasteiger partial charge in [0.25, 0.3) is 5.56 Å². The molecule has 3 heterocycles. The number of methoxy groups -OCH3 is 1. The standard InChI is InChI=1S/C20H20N4O4/c1-12(19(25)21-11-14-5-4-6-15(9-14)27-3)24-20(26)17-10-18-16(7-8-28-18)23(17)13(2)22-24/h4-10,12H,11H2,1-3H3,(H,21,25)/t12-/m1/s1. The van der Waals surface area contributed by atoms with Crippen LogP contribution in [0.3, 0.4) is 0 Å². The van der Waals surface area contributed by atoms with E-state index in [1.165, 1.54) is 4.68 Å². The molecular weight excluding hydrogens is 360 g/mol. The van der Waals surface area contributed by atoms with E-state index in [9.17, 15) is 9.59 Å². The molecule has 0 saturated heterocycles. The van der Waals surface area contributed by atoms with Gasteiger partial charge in [0.15, 0.2) is 5.58 Å². The molecular formula is C20H20N4O4. The van der Waals surface area contributed by atoms with Crippen LogP contribution in [0.5, 0.6) is 5.75 Å². The van der Waals surface area contributed by atoms with E-state index in [4.69, 9.17) is 9.15 Å². The van der Waals surface area contributed by atoms with E-state index in [1.807, 2.05) is 24.3 Å². The fourth-order valence-electron chi connectivity index (χ4n) is 3.29. The van der Waals surface area contributed by atoms with Crippen molar-refractivity contribution in [2.75, 3.05) is 7.11 Å². The van der Waals surface area contributed by atoms with E-state index < -0.39 is 6.04 Å². The Morgan fingerprint density at radius 1 is 1.29 bits per heavy atom. The lowest BCUT2D eigenvalue weighted by molar-refractivity contribution is -0.124. The number of carbonyl (C=O) groups excluding carboxylic acids is 1. The van der Waals surface area contributed by atoms with Crippen molar-refractivity contribution in [2.45, 2.75) is 26.4 Å². The van der Waals surface area contributed by atoms with Gasteiger partial charge in [-0.05, 0) is 31.5 Å². The summed E-state index contributed by atoms with van der Waals surface area (Å²) in [6.07, 6.45) is 1.57. The number of aromatic nitrogens is 3. The fraction of sp³-hybridized carbons (Fsp3) is 0.250. The quantitative estimate of drug-likeness (QED) is 0.574. The summed E-state index contributed by atoms with van der Waals surface area (Å²) in [6.45, 7) is 3.77. The van der Waals surface area contributed by atoms with Gasteiger partial charge in [-0.25, -0.2) is 4.68 Å². The lowest BCUT2D eigenvalue weighted by atomic mass is 10.2. The number of rotatable bonds is 5. The van der Waals surface area contributed by atoms with Crippen LogP contribution in [0.2, 0.25) is 0 Å². The molecule has 0 fully saturated rings. The molecule has 144 valence electrons. The van der Waals surface area contributed by atoms with Crippen molar-refractivity contribution in [2.24, 2.45) is 0 Å². The molecule has 0 spiro atoms. The molecule has 0 aliphatic carbocycles. The molecule has 1 N–H and O–H groups in total. The first kappa shape index (κ1) is 17.8. The molecule has 3 aromatic heterocycles. The molecule has 0 bridgehead atoms. The Kier molecular flexibility index (Phi) is 4.38. The smallest absolute Gasteiger partial charge is 0.291 e. The first-order valence-electron chi connectivity index (χ1n) is 8.88. The molecule has 1 atom stereocenters. The highest BCUT2D eigenvalue weighted by molar-refractivity contribution is 5.83. The number of furan rings is 1. The van der Waals surface area contributed by atoms with Gasteiger partial charge in [-0.3, -0.25) is 14.0 Å². The summed E-state index contributed by atoms with van der Waals surface area (Å²) in [5, 5.41) is 7.20. The second kappa shape index (κ2) is 6.88. The van der Waals surface area contributed by atoms with Crippen molar-refractivity contribution >= 4 is 22.5 Å². The third-order valence-corrected chi connectivity index (χ3v) is 4.77. The first-order chi connectivity index (χ1) is 13.5. The van der Waals surface area contributed by atoms with Gasteiger partial charge in [-0.15, -0.1) is 0 Å². The van der Waals surface area contributed by atoms with Crippen LogP contribution in [0.15, 0.2) is 51.9 Å². The number of carbonyl (C=O) groups is 1. The number of ether oxygens (including phenoxy) is 1. The number of nitrogens with one attached hydrogen (secondary N) is 1. The van der Waals surface area contributed by atoms with Gasteiger partial charge in [0.1, 0.15) is 23.1 Å². The van der Waals surface area contributed by atoms with Crippen LogP contribution >= 0.6 is 0 Å². The summed E-state index contributed by atoms with van der Waals surface area (Å²) >= 11 is 0. The second-order valence-electron chi connectivity index (χ2n) is 6.58. The van der Waals surface area contributed by atoms with Crippen LogP contribution in [0.4, 0.5) is 0 Å². The molecule has 0 radical (unpaired) electrons. The van der Waals surface area contributed by atoms with E-state index in [2.05, 4.69) is 10.4 Å². The van der Waals surface area contributed by atoms with Crippen LogP contribution in [0.25, 0.3) is 16.6 Å². The minimum atomic E-state index is -0.761. The number of hydrogen-bond acceptors (Lipinski definition) is 5. The summed E-state index contributed by atoms with van der Waals surface area (Å²) in [5.41, 5.74) is 2.36. The molecule has 0 aliphatic heterocycles. The Morgan fingerprint density at radius 2 is 2.11 bits per heavy atom. The number of benzene rings is 1. The minimum absolute atomic E-state index is 0.295. The molecule has 0 saturated carbocycles. The van der Waals surface area contributed by atoms with E-state index in [-0.39, 0.29) is 11.5 Å². The van der Waals surface area contributed by atoms with Gasteiger partial charge < -0.3 is 14.5 Å². The summed E-state index contributed by atoms with van der Waals surface area (Å²) in [7, 11) is 1.59. The Balaban J connectivity index is 1.60. The zero-order valence-corrected chi connectivity index (χ0v) is 15.8. The molecule has 1 aromatic carbocycles. The van der Waals surface area contributed by atoms with Crippen molar-refractivity contribution in [1.82, 2.24) is 19.5 Å². The molecule has 4 rings (SSSR count). The van der Waals surface area contributed by atoms with Crippen molar-refractivity contribution in [3.63, 3.8) is 0 Å². The van der Waals surface area contributed by atoms with E-state index in [0.717, 1.165) is 16.8 Å². The minimum Gasteiger partial charge on any atom is -0.497 e. The second-order valence-corrected chi connectivity index (χ2v) is 6.58. The van der Waals surface area contributed by atoms with Crippen LogP contribution in [0.1, 0.15) is 24.4 Å². The number of hydrogen-bond donors (Lipinski definition) is 1. The maximum Gasteiger partial charge on any atom is 0.291 e. The zero-order valence-electron chi connectivity index (χ0n) is 15.8. The topological polar surface area (TPSA) is 90.8 Å². The molecule has 8 nitrogen and oxygen atoms in total. The van der Waals surface area contributed by atoms with E-state index in [0.29, 0.717) is 23.5 Å². The lowest BCUT2D eigenvalue weighted by Gasteiger charge is -2.15. The maximum absolute atomic E-state index is 12.9. The molecule has 0 unspecified atom stereocenters. The highest BCUT2D eigenvalue weighted by Gasteiger charge is 2.21. The van der Waals surface area contributed by atoms with Crippen LogP contribution < -0.4 is 15.6 Å². The number of amides is 1. The maximum atomic E-state index is 12.9. The summed E-state index contributed by atoms with van der Waals surface area (Å²) in [6, 6.07) is 10.1.